The van der Waals surface area contributed by atoms with Gasteiger partial charge in [-0.3, -0.25) is 4.79 Å². The van der Waals surface area contributed by atoms with Crippen molar-refractivity contribution in [1.29, 1.82) is 0 Å². The summed E-state index contributed by atoms with van der Waals surface area (Å²) in [5, 5.41) is 0. The molecule has 30 heavy (non-hydrogen) atoms. The number of allylic oxidation sites excluding steroid dienone is 1. The summed E-state index contributed by atoms with van der Waals surface area (Å²) in [5.41, 5.74) is 2.81. The lowest BCUT2D eigenvalue weighted by Gasteiger charge is -2.11. The highest BCUT2D eigenvalue weighted by Crippen LogP contribution is 2.34. The topological polar surface area (TPSA) is 61.6 Å². The van der Waals surface area contributed by atoms with Crippen LogP contribution in [0.25, 0.3) is 22.7 Å². The number of ether oxygens (including phenoxy) is 2. The van der Waals surface area contributed by atoms with Crippen molar-refractivity contribution in [2.45, 2.75) is 0 Å². The average molecular weight is 464 g/mol. The molecule has 1 heterocycles. The van der Waals surface area contributed by atoms with E-state index in [-0.39, 0.29) is 11.7 Å². The maximum atomic E-state index is 13.4. The monoisotopic (exact) mass is 463 g/mol. The zero-order valence-electron chi connectivity index (χ0n) is 16.4. The standard InChI is InChI=1S/C24H18BrNO4/c1-28-21-9-5-6-16(23(21)29-2)14-18(22(27)15-10-12-17(25)13-11-15)24-26-19-7-3-4-8-20(19)30-24/h3-14H,1-2H3. The van der Waals surface area contributed by atoms with Crippen molar-refractivity contribution < 1.29 is 18.7 Å². The fourth-order valence-electron chi connectivity index (χ4n) is 3.15. The number of ketones is 1. The van der Waals surface area contributed by atoms with Gasteiger partial charge in [-0.1, -0.05) is 40.2 Å². The highest BCUT2D eigenvalue weighted by molar-refractivity contribution is 9.10. The molecule has 4 aromatic rings. The summed E-state index contributed by atoms with van der Waals surface area (Å²) < 4.78 is 17.7. The first kappa shape index (κ1) is 19.9. The van der Waals surface area contributed by atoms with Gasteiger partial charge in [0.1, 0.15) is 5.52 Å². The largest absolute Gasteiger partial charge is 0.493 e. The van der Waals surface area contributed by atoms with Gasteiger partial charge >= 0.3 is 0 Å². The summed E-state index contributed by atoms with van der Waals surface area (Å²) in [6.07, 6.45) is 1.72. The molecule has 150 valence electrons. The Kier molecular flexibility index (Phi) is 5.68. The molecule has 0 aliphatic rings. The zero-order valence-corrected chi connectivity index (χ0v) is 18.0. The van der Waals surface area contributed by atoms with Crippen LogP contribution in [0.1, 0.15) is 21.8 Å². The van der Waals surface area contributed by atoms with Crippen LogP contribution in [-0.2, 0) is 0 Å². The van der Waals surface area contributed by atoms with Gasteiger partial charge in [-0.2, -0.15) is 0 Å². The van der Waals surface area contributed by atoms with E-state index in [9.17, 15) is 4.79 Å². The van der Waals surface area contributed by atoms with E-state index in [1.54, 1.807) is 38.5 Å². The molecule has 0 amide bonds. The summed E-state index contributed by atoms with van der Waals surface area (Å²) in [6, 6.07) is 20.0. The third kappa shape index (κ3) is 3.86. The summed E-state index contributed by atoms with van der Waals surface area (Å²) in [4.78, 5) is 18.0. The first-order valence-electron chi connectivity index (χ1n) is 9.19. The number of carbonyl (C=O) groups is 1. The molecule has 3 aromatic carbocycles. The molecule has 0 unspecified atom stereocenters. The number of rotatable bonds is 6. The molecular weight excluding hydrogens is 446 g/mol. The van der Waals surface area contributed by atoms with E-state index in [0.29, 0.717) is 39.3 Å². The molecule has 0 radical (unpaired) electrons. The second-order valence-corrected chi connectivity index (χ2v) is 7.38. The lowest BCUT2D eigenvalue weighted by atomic mass is 10.0. The van der Waals surface area contributed by atoms with E-state index in [2.05, 4.69) is 20.9 Å². The molecule has 0 aliphatic heterocycles. The Bertz CT molecular complexity index is 1210. The van der Waals surface area contributed by atoms with Gasteiger partial charge in [-0.25, -0.2) is 4.98 Å². The van der Waals surface area contributed by atoms with Gasteiger partial charge in [0.15, 0.2) is 22.9 Å². The van der Waals surface area contributed by atoms with E-state index in [0.717, 1.165) is 4.47 Å². The van der Waals surface area contributed by atoms with Gasteiger partial charge in [0.05, 0.1) is 19.8 Å². The number of oxazole rings is 1. The first-order valence-corrected chi connectivity index (χ1v) is 9.99. The van der Waals surface area contributed by atoms with Crippen LogP contribution in [0.5, 0.6) is 11.5 Å². The van der Waals surface area contributed by atoms with Crippen molar-refractivity contribution in [3.63, 3.8) is 0 Å². The first-order chi connectivity index (χ1) is 14.6. The Balaban J connectivity index is 1.90. The van der Waals surface area contributed by atoms with Crippen molar-refractivity contribution in [2.75, 3.05) is 14.2 Å². The molecule has 0 saturated carbocycles. The van der Waals surface area contributed by atoms with Gasteiger partial charge in [0, 0.05) is 15.6 Å². The number of halogens is 1. The number of aromatic nitrogens is 1. The number of nitrogens with zero attached hydrogens (tertiary/aromatic N) is 1. The predicted molar refractivity (Wildman–Crippen MR) is 120 cm³/mol. The van der Waals surface area contributed by atoms with Gasteiger partial charge in [-0.15, -0.1) is 0 Å². The van der Waals surface area contributed by atoms with Crippen LogP contribution in [0.2, 0.25) is 0 Å². The normalized spacial score (nSPS) is 11.5. The van der Waals surface area contributed by atoms with Gasteiger partial charge in [0.25, 0.3) is 0 Å². The highest BCUT2D eigenvalue weighted by atomic mass is 79.9. The van der Waals surface area contributed by atoms with E-state index in [4.69, 9.17) is 13.9 Å². The molecule has 6 heteroatoms. The van der Waals surface area contributed by atoms with Crippen molar-refractivity contribution in [1.82, 2.24) is 4.98 Å². The fourth-order valence-corrected chi connectivity index (χ4v) is 3.41. The van der Waals surface area contributed by atoms with Crippen LogP contribution in [0, 0.1) is 0 Å². The molecule has 5 nitrogen and oxygen atoms in total. The van der Waals surface area contributed by atoms with Crippen LogP contribution >= 0.6 is 15.9 Å². The Labute approximate surface area is 182 Å². The van der Waals surface area contributed by atoms with Crippen molar-refractivity contribution >= 4 is 44.5 Å². The Morgan fingerprint density at radius 3 is 2.43 bits per heavy atom. The minimum absolute atomic E-state index is 0.209. The second kappa shape index (κ2) is 8.55. The maximum Gasteiger partial charge on any atom is 0.231 e. The molecule has 0 fully saturated rings. The van der Waals surface area contributed by atoms with Crippen LogP contribution in [0.3, 0.4) is 0 Å². The van der Waals surface area contributed by atoms with Crippen LogP contribution in [-0.4, -0.2) is 25.0 Å². The predicted octanol–water partition coefficient (Wildman–Crippen LogP) is 6.03. The number of carbonyl (C=O) groups excluding carboxylic acids is 1. The number of hydrogen-bond acceptors (Lipinski definition) is 5. The number of Topliss-reactive ketones (excluding diaryl/α,β-unsaturated/α-hetero) is 1. The number of methoxy groups -OCH3 is 2. The second-order valence-electron chi connectivity index (χ2n) is 6.46. The van der Waals surface area contributed by atoms with E-state index in [1.807, 2.05) is 48.5 Å². The van der Waals surface area contributed by atoms with E-state index < -0.39 is 0 Å². The molecule has 4 rings (SSSR count). The quantitative estimate of drug-likeness (QED) is 0.258. The molecule has 0 saturated heterocycles. The highest BCUT2D eigenvalue weighted by Gasteiger charge is 2.21. The average Bonchev–Trinajstić information content (AvgIpc) is 3.21. The third-order valence-corrected chi connectivity index (χ3v) is 5.14. The van der Waals surface area contributed by atoms with Crippen LogP contribution in [0.4, 0.5) is 0 Å². The number of benzene rings is 3. The SMILES string of the molecule is COc1cccc(C=C(C(=O)c2ccc(Br)cc2)c2nc3ccccc3o2)c1OC. The van der Waals surface area contributed by atoms with E-state index in [1.165, 1.54) is 0 Å². The Hall–Kier alpha value is -3.38. The molecule has 0 atom stereocenters. The number of hydrogen-bond donors (Lipinski definition) is 0. The lowest BCUT2D eigenvalue weighted by Crippen LogP contribution is -2.04. The Morgan fingerprint density at radius 2 is 1.73 bits per heavy atom. The molecule has 0 aliphatic carbocycles. The maximum absolute atomic E-state index is 13.4. The molecule has 1 aromatic heterocycles. The summed E-state index contributed by atoms with van der Waals surface area (Å²) in [6.45, 7) is 0. The third-order valence-electron chi connectivity index (χ3n) is 4.61. The fraction of sp³-hybridized carbons (Fsp3) is 0.0833. The minimum atomic E-state index is -0.209. The Morgan fingerprint density at radius 1 is 0.967 bits per heavy atom. The van der Waals surface area contributed by atoms with Crippen LogP contribution in [0.15, 0.2) is 75.6 Å². The number of fused-ring (bicyclic) bond motifs is 1. The van der Waals surface area contributed by atoms with Gasteiger partial charge in [0.2, 0.25) is 5.89 Å². The van der Waals surface area contributed by atoms with E-state index >= 15 is 0 Å². The van der Waals surface area contributed by atoms with Crippen molar-refractivity contribution in [3.05, 3.63) is 88.2 Å². The lowest BCUT2D eigenvalue weighted by molar-refractivity contribution is 0.105. The smallest absolute Gasteiger partial charge is 0.231 e. The summed E-state index contributed by atoms with van der Waals surface area (Å²) in [7, 11) is 3.13. The molecular formula is C24H18BrNO4. The molecule has 0 spiro atoms. The molecule has 0 N–H and O–H groups in total. The van der Waals surface area contributed by atoms with Gasteiger partial charge in [-0.05, 0) is 48.5 Å². The summed E-state index contributed by atoms with van der Waals surface area (Å²) in [5.74, 6) is 1.13. The number of para-hydroxylation sites is 3. The summed E-state index contributed by atoms with van der Waals surface area (Å²) >= 11 is 3.40. The molecule has 0 bridgehead atoms. The van der Waals surface area contributed by atoms with Crippen molar-refractivity contribution in [3.8, 4) is 11.5 Å². The van der Waals surface area contributed by atoms with Gasteiger partial charge < -0.3 is 13.9 Å². The van der Waals surface area contributed by atoms with Crippen molar-refractivity contribution in [2.24, 2.45) is 0 Å². The minimum Gasteiger partial charge on any atom is -0.493 e. The van der Waals surface area contributed by atoms with Crippen LogP contribution < -0.4 is 9.47 Å². The zero-order chi connectivity index (χ0) is 21.1.